The highest BCUT2D eigenvalue weighted by molar-refractivity contribution is 7.09. The summed E-state index contributed by atoms with van der Waals surface area (Å²) in [4.78, 5) is 1.32. The van der Waals surface area contributed by atoms with Crippen LogP contribution in [-0.4, -0.2) is 7.11 Å². The minimum absolute atomic E-state index is 0.115. The van der Waals surface area contributed by atoms with E-state index in [0.29, 0.717) is 0 Å². The summed E-state index contributed by atoms with van der Waals surface area (Å²) in [5, 5.41) is 2.08. The Balaban J connectivity index is 2.16. The van der Waals surface area contributed by atoms with Crippen LogP contribution in [-0.2, 0) is 6.42 Å². The molecule has 4 heteroatoms. The number of benzene rings is 1. The van der Waals surface area contributed by atoms with Gasteiger partial charge < -0.3 is 4.74 Å². The van der Waals surface area contributed by atoms with Crippen molar-refractivity contribution in [2.45, 2.75) is 12.5 Å². The molecule has 1 atom stereocenters. The van der Waals surface area contributed by atoms with Crippen molar-refractivity contribution in [1.29, 1.82) is 0 Å². The molecule has 0 aliphatic carbocycles. The lowest BCUT2D eigenvalue weighted by Crippen LogP contribution is -2.29. The van der Waals surface area contributed by atoms with Crippen molar-refractivity contribution in [3.05, 3.63) is 52.2 Å². The van der Waals surface area contributed by atoms with Crippen molar-refractivity contribution in [3.8, 4) is 5.75 Å². The molecule has 90 valence electrons. The normalized spacial score (nSPS) is 12.4. The summed E-state index contributed by atoms with van der Waals surface area (Å²) >= 11 is 1.74. The highest BCUT2D eigenvalue weighted by atomic mass is 32.1. The highest BCUT2D eigenvalue weighted by Gasteiger charge is 2.11. The van der Waals surface area contributed by atoms with E-state index in [1.165, 1.54) is 4.88 Å². The summed E-state index contributed by atoms with van der Waals surface area (Å²) in [6.45, 7) is 0. The SMILES string of the molecule is COc1cccc(C(Cc2cccs2)NN)c1. The number of ether oxygens (including phenoxy) is 1. The molecule has 0 amide bonds. The number of nitrogens with one attached hydrogen (secondary N) is 1. The maximum atomic E-state index is 5.63. The number of hydrazine groups is 1. The standard InChI is InChI=1S/C13H16N2OS/c1-16-11-5-2-4-10(8-11)13(15-14)9-12-6-3-7-17-12/h2-8,13,15H,9,14H2,1H3. The Morgan fingerprint density at radius 3 is 2.88 bits per heavy atom. The summed E-state index contributed by atoms with van der Waals surface area (Å²) in [7, 11) is 1.67. The van der Waals surface area contributed by atoms with Crippen LogP contribution in [0, 0.1) is 0 Å². The number of nitrogens with two attached hydrogens (primary N) is 1. The lowest BCUT2D eigenvalue weighted by Gasteiger charge is -2.16. The van der Waals surface area contributed by atoms with Crippen LogP contribution >= 0.6 is 11.3 Å². The summed E-state index contributed by atoms with van der Waals surface area (Å²) in [6.07, 6.45) is 0.890. The van der Waals surface area contributed by atoms with E-state index in [1.807, 2.05) is 18.2 Å². The van der Waals surface area contributed by atoms with Crippen molar-refractivity contribution in [1.82, 2.24) is 5.43 Å². The van der Waals surface area contributed by atoms with E-state index in [4.69, 9.17) is 10.6 Å². The molecule has 0 saturated carbocycles. The van der Waals surface area contributed by atoms with Crippen molar-refractivity contribution in [2.24, 2.45) is 5.84 Å². The number of thiophene rings is 1. The van der Waals surface area contributed by atoms with E-state index in [2.05, 4.69) is 29.0 Å². The molecule has 2 rings (SSSR count). The van der Waals surface area contributed by atoms with E-state index >= 15 is 0 Å². The molecule has 0 fully saturated rings. The molecule has 1 aromatic carbocycles. The molecular formula is C13H16N2OS. The lowest BCUT2D eigenvalue weighted by molar-refractivity contribution is 0.413. The van der Waals surface area contributed by atoms with Gasteiger partial charge in [-0.1, -0.05) is 18.2 Å². The van der Waals surface area contributed by atoms with E-state index in [9.17, 15) is 0 Å². The monoisotopic (exact) mass is 248 g/mol. The molecule has 17 heavy (non-hydrogen) atoms. The van der Waals surface area contributed by atoms with E-state index in [1.54, 1.807) is 18.4 Å². The van der Waals surface area contributed by atoms with Gasteiger partial charge in [0.05, 0.1) is 13.2 Å². The fourth-order valence-electron chi connectivity index (χ4n) is 1.76. The third kappa shape index (κ3) is 3.06. The lowest BCUT2D eigenvalue weighted by atomic mass is 10.0. The molecule has 0 aliphatic heterocycles. The maximum absolute atomic E-state index is 5.63. The Morgan fingerprint density at radius 1 is 1.35 bits per heavy atom. The van der Waals surface area contributed by atoms with Crippen LogP contribution in [0.2, 0.25) is 0 Å². The van der Waals surface area contributed by atoms with Crippen LogP contribution in [0.15, 0.2) is 41.8 Å². The van der Waals surface area contributed by atoms with Gasteiger partial charge in [0, 0.05) is 11.3 Å². The smallest absolute Gasteiger partial charge is 0.119 e. The van der Waals surface area contributed by atoms with E-state index < -0.39 is 0 Å². The zero-order valence-corrected chi connectivity index (χ0v) is 10.5. The predicted octanol–water partition coefficient (Wildman–Crippen LogP) is 2.50. The Kier molecular flexibility index (Phi) is 4.14. The first-order valence-corrected chi connectivity index (χ1v) is 6.34. The topological polar surface area (TPSA) is 47.3 Å². The fraction of sp³-hybridized carbons (Fsp3) is 0.231. The van der Waals surface area contributed by atoms with Crippen molar-refractivity contribution < 1.29 is 4.74 Å². The Bertz CT molecular complexity index is 456. The van der Waals surface area contributed by atoms with E-state index in [0.717, 1.165) is 17.7 Å². The molecule has 3 nitrogen and oxygen atoms in total. The second kappa shape index (κ2) is 5.82. The molecule has 2 aromatic rings. The van der Waals surface area contributed by atoms with Gasteiger partial charge in [-0.15, -0.1) is 11.3 Å². The highest BCUT2D eigenvalue weighted by Crippen LogP contribution is 2.23. The third-order valence-electron chi connectivity index (χ3n) is 2.68. The van der Waals surface area contributed by atoms with Gasteiger partial charge in [-0.25, -0.2) is 0 Å². The van der Waals surface area contributed by atoms with E-state index in [-0.39, 0.29) is 6.04 Å². The fourth-order valence-corrected chi connectivity index (χ4v) is 2.51. The van der Waals surface area contributed by atoms with Crippen LogP contribution in [0.3, 0.4) is 0 Å². The second-order valence-electron chi connectivity index (χ2n) is 3.78. The Hall–Kier alpha value is -1.36. The summed E-state index contributed by atoms with van der Waals surface area (Å²) in [5.41, 5.74) is 4.00. The average Bonchev–Trinajstić information content (AvgIpc) is 2.89. The van der Waals surface area contributed by atoms with Crippen LogP contribution in [0.25, 0.3) is 0 Å². The average molecular weight is 248 g/mol. The quantitative estimate of drug-likeness (QED) is 0.631. The van der Waals surface area contributed by atoms with Crippen LogP contribution < -0.4 is 16.0 Å². The second-order valence-corrected chi connectivity index (χ2v) is 4.81. The maximum Gasteiger partial charge on any atom is 0.119 e. The summed E-state index contributed by atoms with van der Waals surface area (Å²) < 4.78 is 5.22. The van der Waals surface area contributed by atoms with Crippen LogP contribution in [0.5, 0.6) is 5.75 Å². The van der Waals surface area contributed by atoms with Crippen molar-refractivity contribution in [3.63, 3.8) is 0 Å². The molecule has 0 radical (unpaired) electrons. The van der Waals surface area contributed by atoms with Crippen molar-refractivity contribution in [2.75, 3.05) is 7.11 Å². The Morgan fingerprint density at radius 2 is 2.24 bits per heavy atom. The van der Waals surface area contributed by atoms with Gasteiger partial charge in [-0.2, -0.15) is 0 Å². The van der Waals surface area contributed by atoms with Gasteiger partial charge in [0.2, 0.25) is 0 Å². The molecule has 0 aliphatic rings. The van der Waals surface area contributed by atoms with Crippen LogP contribution in [0.4, 0.5) is 0 Å². The summed E-state index contributed by atoms with van der Waals surface area (Å²) in [6, 6.07) is 12.3. The number of hydrogen-bond acceptors (Lipinski definition) is 4. The molecule has 1 aromatic heterocycles. The largest absolute Gasteiger partial charge is 0.497 e. The molecule has 3 N–H and O–H groups in total. The Labute approximate surface area is 105 Å². The van der Waals surface area contributed by atoms with Gasteiger partial charge in [-0.3, -0.25) is 11.3 Å². The van der Waals surface area contributed by atoms with Gasteiger partial charge in [0.25, 0.3) is 0 Å². The number of rotatable bonds is 5. The first kappa shape index (κ1) is 12.1. The first-order chi connectivity index (χ1) is 8.33. The molecule has 0 saturated heterocycles. The van der Waals surface area contributed by atoms with Gasteiger partial charge in [-0.05, 0) is 29.1 Å². The molecule has 1 heterocycles. The minimum Gasteiger partial charge on any atom is -0.497 e. The predicted molar refractivity (Wildman–Crippen MR) is 71.1 cm³/mol. The molecule has 0 spiro atoms. The van der Waals surface area contributed by atoms with Gasteiger partial charge in [0.1, 0.15) is 5.75 Å². The third-order valence-corrected chi connectivity index (χ3v) is 3.58. The molecule has 0 bridgehead atoms. The number of hydrogen-bond donors (Lipinski definition) is 2. The van der Waals surface area contributed by atoms with Crippen molar-refractivity contribution >= 4 is 11.3 Å². The molecular weight excluding hydrogens is 232 g/mol. The van der Waals surface area contributed by atoms with Crippen LogP contribution in [0.1, 0.15) is 16.5 Å². The first-order valence-electron chi connectivity index (χ1n) is 5.46. The minimum atomic E-state index is 0.115. The summed E-state index contributed by atoms with van der Waals surface area (Å²) in [5.74, 6) is 6.48. The zero-order valence-electron chi connectivity index (χ0n) is 9.72. The van der Waals surface area contributed by atoms with Gasteiger partial charge >= 0.3 is 0 Å². The number of methoxy groups -OCH3 is 1. The van der Waals surface area contributed by atoms with Gasteiger partial charge in [0.15, 0.2) is 0 Å². The zero-order chi connectivity index (χ0) is 12.1. The molecule has 1 unspecified atom stereocenters.